The summed E-state index contributed by atoms with van der Waals surface area (Å²) in [6, 6.07) is 3.01. The number of hydrogen-bond acceptors (Lipinski definition) is 3. The molecule has 1 atom stereocenters. The molecule has 0 aliphatic carbocycles. The second-order valence-electron chi connectivity index (χ2n) is 4.86. The molecular weight excluding hydrogens is 268 g/mol. The number of nitrogens with zero attached hydrogens (tertiary/aromatic N) is 2. The van der Waals surface area contributed by atoms with Crippen molar-refractivity contribution < 1.29 is 14.7 Å². The first-order valence-electron chi connectivity index (χ1n) is 6.12. The third-order valence-electron chi connectivity index (χ3n) is 3.57. The molecular formula is C13H15ClN2O3. The highest BCUT2D eigenvalue weighted by molar-refractivity contribution is 6.29. The standard InChI is InChI=1S/C13H15ClN2O3/c1-13(12(18)19)5-2-3-7-16(13)11(17)9-4-6-15-10(14)8-9/h4,6,8H,2-3,5,7H2,1H3,(H,18,19). The Morgan fingerprint density at radius 1 is 1.47 bits per heavy atom. The minimum atomic E-state index is -1.15. The highest BCUT2D eigenvalue weighted by atomic mass is 35.5. The van der Waals surface area contributed by atoms with E-state index in [1.807, 2.05) is 0 Å². The van der Waals surface area contributed by atoms with Gasteiger partial charge in [-0.3, -0.25) is 4.79 Å². The van der Waals surface area contributed by atoms with Crippen molar-refractivity contribution in [2.45, 2.75) is 31.7 Å². The average molecular weight is 283 g/mol. The predicted molar refractivity (Wildman–Crippen MR) is 70.2 cm³/mol. The number of hydrogen-bond donors (Lipinski definition) is 1. The molecule has 102 valence electrons. The Hall–Kier alpha value is -1.62. The van der Waals surface area contributed by atoms with Gasteiger partial charge in [0.15, 0.2) is 0 Å². The molecule has 1 saturated heterocycles. The van der Waals surface area contributed by atoms with Gasteiger partial charge < -0.3 is 10.0 Å². The van der Waals surface area contributed by atoms with Gasteiger partial charge in [-0.25, -0.2) is 9.78 Å². The van der Waals surface area contributed by atoms with Gasteiger partial charge in [-0.1, -0.05) is 11.6 Å². The van der Waals surface area contributed by atoms with Crippen LogP contribution in [0.1, 0.15) is 36.5 Å². The fourth-order valence-electron chi connectivity index (χ4n) is 2.36. The number of aromatic nitrogens is 1. The summed E-state index contributed by atoms with van der Waals surface area (Å²) in [5, 5.41) is 9.61. The van der Waals surface area contributed by atoms with E-state index < -0.39 is 11.5 Å². The summed E-state index contributed by atoms with van der Waals surface area (Å²) < 4.78 is 0. The summed E-state index contributed by atoms with van der Waals surface area (Å²) in [6.45, 7) is 2.04. The van der Waals surface area contributed by atoms with Gasteiger partial charge in [0.05, 0.1) is 0 Å². The van der Waals surface area contributed by atoms with E-state index >= 15 is 0 Å². The molecule has 19 heavy (non-hydrogen) atoms. The van der Waals surface area contributed by atoms with Crippen molar-refractivity contribution in [3.05, 3.63) is 29.0 Å². The molecule has 0 saturated carbocycles. The zero-order valence-corrected chi connectivity index (χ0v) is 11.4. The number of pyridine rings is 1. The van der Waals surface area contributed by atoms with Crippen LogP contribution in [0.2, 0.25) is 5.15 Å². The van der Waals surface area contributed by atoms with E-state index in [0.717, 1.165) is 12.8 Å². The number of carbonyl (C=O) groups is 2. The Labute approximate surface area is 116 Å². The third-order valence-corrected chi connectivity index (χ3v) is 3.78. The summed E-state index contributed by atoms with van der Waals surface area (Å²) >= 11 is 5.76. The van der Waals surface area contributed by atoms with Gasteiger partial charge >= 0.3 is 5.97 Å². The Morgan fingerprint density at radius 2 is 2.21 bits per heavy atom. The van der Waals surface area contributed by atoms with Crippen LogP contribution in [-0.2, 0) is 4.79 Å². The Bertz CT molecular complexity index is 520. The van der Waals surface area contributed by atoms with E-state index in [0.29, 0.717) is 18.5 Å². The highest BCUT2D eigenvalue weighted by Gasteiger charge is 2.44. The van der Waals surface area contributed by atoms with E-state index in [9.17, 15) is 14.7 Å². The molecule has 0 bridgehead atoms. The molecule has 0 radical (unpaired) electrons. The van der Waals surface area contributed by atoms with Crippen LogP contribution in [0.5, 0.6) is 0 Å². The zero-order chi connectivity index (χ0) is 14.0. The van der Waals surface area contributed by atoms with Crippen LogP contribution in [0.4, 0.5) is 0 Å². The molecule has 5 nitrogen and oxygen atoms in total. The quantitative estimate of drug-likeness (QED) is 0.844. The number of aliphatic carboxylic acids is 1. The SMILES string of the molecule is CC1(C(=O)O)CCCCN1C(=O)c1ccnc(Cl)c1. The highest BCUT2D eigenvalue weighted by Crippen LogP contribution is 2.29. The van der Waals surface area contributed by atoms with Crippen molar-refractivity contribution in [2.24, 2.45) is 0 Å². The monoisotopic (exact) mass is 282 g/mol. The molecule has 1 amide bonds. The first kappa shape index (κ1) is 13.8. The van der Waals surface area contributed by atoms with Crippen LogP contribution in [0.3, 0.4) is 0 Å². The predicted octanol–water partition coefficient (Wildman–Crippen LogP) is 2.20. The first-order chi connectivity index (χ1) is 8.95. The van der Waals surface area contributed by atoms with Gasteiger partial charge in [0, 0.05) is 18.3 Å². The van der Waals surface area contributed by atoms with Gasteiger partial charge in [-0.2, -0.15) is 0 Å². The van der Waals surface area contributed by atoms with E-state index in [1.54, 1.807) is 13.0 Å². The molecule has 1 N–H and O–H groups in total. The van der Waals surface area contributed by atoms with Gasteiger partial charge in [-0.15, -0.1) is 0 Å². The number of piperidine rings is 1. The summed E-state index contributed by atoms with van der Waals surface area (Å²) in [5.41, 5.74) is -0.778. The molecule has 1 aromatic rings. The Morgan fingerprint density at radius 3 is 2.84 bits per heavy atom. The molecule has 2 heterocycles. The number of carboxylic acids is 1. The van der Waals surface area contributed by atoms with Crippen LogP contribution in [0, 0.1) is 0 Å². The molecule has 1 fully saturated rings. The van der Waals surface area contributed by atoms with Crippen molar-refractivity contribution in [1.29, 1.82) is 0 Å². The molecule has 1 unspecified atom stereocenters. The molecule has 0 spiro atoms. The van der Waals surface area contributed by atoms with E-state index in [2.05, 4.69) is 4.98 Å². The minimum Gasteiger partial charge on any atom is -0.480 e. The molecule has 1 aromatic heterocycles. The minimum absolute atomic E-state index is 0.222. The van der Waals surface area contributed by atoms with E-state index in [-0.39, 0.29) is 11.1 Å². The van der Waals surface area contributed by atoms with Gasteiger partial charge in [0.2, 0.25) is 0 Å². The number of carboxylic acid groups (broad SMARTS) is 1. The van der Waals surface area contributed by atoms with Crippen molar-refractivity contribution in [2.75, 3.05) is 6.54 Å². The van der Waals surface area contributed by atoms with Gasteiger partial charge in [0.25, 0.3) is 5.91 Å². The second kappa shape index (κ2) is 5.17. The van der Waals surface area contributed by atoms with E-state index in [1.165, 1.54) is 17.2 Å². The number of amides is 1. The number of rotatable bonds is 2. The number of halogens is 1. The van der Waals surface area contributed by atoms with Crippen molar-refractivity contribution in [3.63, 3.8) is 0 Å². The summed E-state index contributed by atoms with van der Waals surface area (Å²) in [7, 11) is 0. The number of likely N-dealkylation sites (tertiary alicyclic amines) is 1. The summed E-state index contributed by atoms with van der Waals surface area (Å²) in [6.07, 6.45) is 3.53. The van der Waals surface area contributed by atoms with Crippen LogP contribution >= 0.6 is 11.6 Å². The molecule has 1 aliphatic heterocycles. The Balaban J connectivity index is 2.33. The lowest BCUT2D eigenvalue weighted by atomic mass is 9.88. The lowest BCUT2D eigenvalue weighted by Crippen LogP contribution is -2.57. The average Bonchev–Trinajstić information content (AvgIpc) is 2.38. The van der Waals surface area contributed by atoms with Crippen molar-refractivity contribution in [3.8, 4) is 0 Å². The molecule has 1 aliphatic rings. The molecule has 0 aromatic carbocycles. The van der Waals surface area contributed by atoms with E-state index in [4.69, 9.17) is 11.6 Å². The van der Waals surface area contributed by atoms with Gasteiger partial charge in [-0.05, 0) is 38.3 Å². The number of carbonyl (C=O) groups excluding carboxylic acids is 1. The summed E-state index contributed by atoms with van der Waals surface area (Å²) in [5.74, 6) is -1.28. The topological polar surface area (TPSA) is 70.5 Å². The maximum Gasteiger partial charge on any atom is 0.329 e. The van der Waals surface area contributed by atoms with Crippen LogP contribution in [0.25, 0.3) is 0 Å². The third kappa shape index (κ3) is 2.56. The lowest BCUT2D eigenvalue weighted by molar-refractivity contribution is -0.150. The summed E-state index contributed by atoms with van der Waals surface area (Å²) in [4.78, 5) is 29.1. The first-order valence-corrected chi connectivity index (χ1v) is 6.50. The normalized spacial score (nSPS) is 23.2. The second-order valence-corrected chi connectivity index (χ2v) is 5.25. The largest absolute Gasteiger partial charge is 0.480 e. The fraction of sp³-hybridized carbons (Fsp3) is 0.462. The van der Waals surface area contributed by atoms with Crippen LogP contribution in [0.15, 0.2) is 18.3 Å². The smallest absolute Gasteiger partial charge is 0.329 e. The zero-order valence-electron chi connectivity index (χ0n) is 10.6. The Kier molecular flexibility index (Phi) is 3.75. The van der Waals surface area contributed by atoms with Crippen LogP contribution in [-0.4, -0.2) is 39.0 Å². The van der Waals surface area contributed by atoms with Crippen molar-refractivity contribution >= 4 is 23.5 Å². The molecule has 2 rings (SSSR count). The maximum atomic E-state index is 12.4. The fourth-order valence-corrected chi connectivity index (χ4v) is 2.53. The maximum absolute atomic E-state index is 12.4. The lowest BCUT2D eigenvalue weighted by Gasteiger charge is -2.41. The van der Waals surface area contributed by atoms with Crippen molar-refractivity contribution in [1.82, 2.24) is 9.88 Å². The van der Waals surface area contributed by atoms with Crippen LogP contribution < -0.4 is 0 Å². The molecule has 6 heteroatoms. The van der Waals surface area contributed by atoms with Gasteiger partial charge in [0.1, 0.15) is 10.7 Å².